The van der Waals surface area contributed by atoms with Crippen LogP contribution in [-0.2, 0) is 14.3 Å². The van der Waals surface area contributed by atoms with Gasteiger partial charge in [0.25, 0.3) is 0 Å². The van der Waals surface area contributed by atoms with E-state index in [2.05, 4.69) is 39.8 Å². The summed E-state index contributed by atoms with van der Waals surface area (Å²) in [6.45, 7) is 15.3. The summed E-state index contributed by atoms with van der Waals surface area (Å²) >= 11 is 0. The highest BCUT2D eigenvalue weighted by Gasteiger charge is 2.57. The molecule has 0 N–H and O–H groups in total. The molecule has 0 saturated heterocycles. The van der Waals surface area contributed by atoms with Gasteiger partial charge in [0.05, 0.1) is 5.92 Å². The van der Waals surface area contributed by atoms with Crippen LogP contribution in [0.25, 0.3) is 0 Å². The molecule has 0 heterocycles. The summed E-state index contributed by atoms with van der Waals surface area (Å²) < 4.78 is 17.0. The third-order valence-electron chi connectivity index (χ3n) is 8.86. The zero-order valence-corrected chi connectivity index (χ0v) is 22.6. The van der Waals surface area contributed by atoms with Crippen molar-refractivity contribution in [3.8, 4) is 5.75 Å². The molecule has 4 saturated carbocycles. The molecule has 5 rings (SSSR count). The van der Waals surface area contributed by atoms with E-state index in [-0.39, 0.29) is 23.8 Å². The third kappa shape index (κ3) is 6.36. The van der Waals surface area contributed by atoms with Crippen LogP contribution in [-0.4, -0.2) is 24.5 Å². The molecule has 4 heteroatoms. The van der Waals surface area contributed by atoms with E-state index < -0.39 is 0 Å². The van der Waals surface area contributed by atoms with Crippen molar-refractivity contribution in [2.24, 2.45) is 29.6 Å². The van der Waals surface area contributed by atoms with Crippen molar-refractivity contribution in [3.63, 3.8) is 0 Å². The van der Waals surface area contributed by atoms with E-state index in [0.717, 1.165) is 30.4 Å². The largest absolute Gasteiger partial charge is 0.465 e. The van der Waals surface area contributed by atoms with Crippen molar-refractivity contribution in [3.05, 3.63) is 29.8 Å². The maximum absolute atomic E-state index is 12.1. The van der Waals surface area contributed by atoms with Crippen LogP contribution in [0.5, 0.6) is 5.75 Å². The highest BCUT2D eigenvalue weighted by atomic mass is 16.7. The summed E-state index contributed by atoms with van der Waals surface area (Å²) in [4.78, 5) is 12.1. The summed E-state index contributed by atoms with van der Waals surface area (Å²) in [5.41, 5.74) is 1.22. The maximum atomic E-state index is 12.1. The zero-order valence-electron chi connectivity index (χ0n) is 22.6. The van der Waals surface area contributed by atoms with Gasteiger partial charge in [-0.25, -0.2) is 0 Å². The van der Waals surface area contributed by atoms with Crippen molar-refractivity contribution in [1.82, 2.24) is 0 Å². The summed E-state index contributed by atoms with van der Waals surface area (Å²) in [6.07, 6.45) is 8.52. The van der Waals surface area contributed by atoms with E-state index in [0.29, 0.717) is 24.4 Å². The van der Waals surface area contributed by atoms with Crippen molar-refractivity contribution < 1.29 is 19.0 Å². The van der Waals surface area contributed by atoms with E-state index >= 15 is 0 Å². The van der Waals surface area contributed by atoms with Crippen molar-refractivity contribution in [2.75, 3.05) is 6.61 Å². The van der Waals surface area contributed by atoms with Crippen LogP contribution >= 0.6 is 0 Å². The van der Waals surface area contributed by atoms with Crippen LogP contribution in [0.4, 0.5) is 0 Å². The molecule has 0 amide bonds. The Kier molecular flexibility index (Phi) is 9.49. The lowest BCUT2D eigenvalue weighted by Gasteiger charge is -2.59. The number of esters is 1. The molecule has 4 aliphatic carbocycles. The third-order valence-corrected chi connectivity index (χ3v) is 8.86. The minimum Gasteiger partial charge on any atom is -0.465 e. The first kappa shape index (κ1) is 27.0. The molecule has 192 valence electrons. The normalized spacial score (nSPS) is 31.7. The monoisotopic (exact) mass is 472 g/mol. The molecule has 4 nitrogen and oxygen atoms in total. The van der Waals surface area contributed by atoms with E-state index in [9.17, 15) is 4.79 Å². The fourth-order valence-electron chi connectivity index (χ4n) is 6.34. The van der Waals surface area contributed by atoms with Crippen molar-refractivity contribution in [2.45, 2.75) is 111 Å². The van der Waals surface area contributed by atoms with E-state index in [1.165, 1.54) is 37.7 Å². The molecule has 4 fully saturated rings. The second kappa shape index (κ2) is 11.9. The second-order valence-corrected chi connectivity index (χ2v) is 11.2. The average Bonchev–Trinajstić information content (AvgIpc) is 2.82. The minimum absolute atomic E-state index is 0.0347. The van der Waals surface area contributed by atoms with E-state index in [1.54, 1.807) is 0 Å². The van der Waals surface area contributed by atoms with Crippen LogP contribution in [0, 0.1) is 29.6 Å². The molecule has 34 heavy (non-hydrogen) atoms. The Balaban J connectivity index is 0.000000192. The van der Waals surface area contributed by atoms with Gasteiger partial charge < -0.3 is 14.2 Å². The van der Waals surface area contributed by atoms with Crippen LogP contribution < -0.4 is 4.74 Å². The molecule has 0 spiro atoms. The summed E-state index contributed by atoms with van der Waals surface area (Å²) in [5, 5.41) is 0. The Morgan fingerprint density at radius 2 is 1.47 bits per heavy atom. The van der Waals surface area contributed by atoms with Gasteiger partial charge in [-0.2, -0.15) is 0 Å². The van der Waals surface area contributed by atoms with Crippen molar-refractivity contribution in [1.29, 1.82) is 0 Å². The van der Waals surface area contributed by atoms with Gasteiger partial charge in [0.15, 0.2) is 6.29 Å². The Labute approximate surface area is 208 Å². The lowest BCUT2D eigenvalue weighted by atomic mass is 9.50. The van der Waals surface area contributed by atoms with E-state index in [4.69, 9.17) is 14.2 Å². The van der Waals surface area contributed by atoms with Gasteiger partial charge in [-0.3, -0.25) is 4.79 Å². The Morgan fingerprint density at radius 3 is 1.94 bits per heavy atom. The Bertz CT molecular complexity index is 743. The van der Waals surface area contributed by atoms with E-state index in [1.807, 2.05) is 32.9 Å². The smallest absolute Gasteiger partial charge is 0.309 e. The van der Waals surface area contributed by atoms with Crippen LogP contribution in [0.1, 0.15) is 105 Å². The summed E-state index contributed by atoms with van der Waals surface area (Å²) in [5.74, 6) is 4.71. The van der Waals surface area contributed by atoms with Gasteiger partial charge in [-0.1, -0.05) is 39.8 Å². The molecular formula is C30H48O4. The second-order valence-electron chi connectivity index (χ2n) is 11.2. The lowest BCUT2D eigenvalue weighted by molar-refractivity contribution is -0.206. The molecule has 0 aliphatic heterocycles. The molecule has 0 radical (unpaired) electrons. The molecule has 4 aliphatic rings. The van der Waals surface area contributed by atoms with Crippen LogP contribution in [0.2, 0.25) is 0 Å². The molecule has 0 aromatic heterocycles. The highest BCUT2D eigenvalue weighted by Crippen LogP contribution is 2.59. The van der Waals surface area contributed by atoms with Crippen LogP contribution in [0.3, 0.4) is 0 Å². The quantitative estimate of drug-likeness (QED) is 0.272. The SMILES string of the molecule is CCC(C)C(=O)OC1(C)C2CC3CC(C2)CC1C3.CCOC(C)Oc1ccc(C(C)CC)cc1. The summed E-state index contributed by atoms with van der Waals surface area (Å²) in [7, 11) is 0. The van der Waals surface area contributed by atoms with Crippen LogP contribution in [0.15, 0.2) is 24.3 Å². The number of rotatable bonds is 9. The number of carbonyl (C=O) groups excluding carboxylic acids is 1. The Hall–Kier alpha value is -1.55. The maximum Gasteiger partial charge on any atom is 0.309 e. The highest BCUT2D eigenvalue weighted by molar-refractivity contribution is 5.72. The molecule has 4 bridgehead atoms. The predicted molar refractivity (Wildman–Crippen MR) is 138 cm³/mol. The molecule has 3 atom stereocenters. The molecule has 1 aromatic rings. The average molecular weight is 473 g/mol. The minimum atomic E-state index is -0.181. The first-order chi connectivity index (χ1) is 16.2. The first-order valence-electron chi connectivity index (χ1n) is 13.8. The number of hydrogen-bond donors (Lipinski definition) is 0. The fraction of sp³-hybridized carbons (Fsp3) is 0.767. The van der Waals surface area contributed by atoms with Crippen molar-refractivity contribution >= 4 is 5.97 Å². The Morgan fingerprint density at radius 1 is 0.912 bits per heavy atom. The lowest BCUT2D eigenvalue weighted by Crippen LogP contribution is -2.58. The first-order valence-corrected chi connectivity index (χ1v) is 13.8. The van der Waals surface area contributed by atoms with Gasteiger partial charge in [0.2, 0.25) is 0 Å². The van der Waals surface area contributed by atoms with Gasteiger partial charge in [-0.05, 0) is 113 Å². The number of benzene rings is 1. The fourth-order valence-corrected chi connectivity index (χ4v) is 6.34. The van der Waals surface area contributed by atoms with Gasteiger partial charge >= 0.3 is 5.97 Å². The molecule has 1 aromatic carbocycles. The number of carbonyl (C=O) groups is 1. The van der Waals surface area contributed by atoms with Gasteiger partial charge in [0.1, 0.15) is 11.4 Å². The summed E-state index contributed by atoms with van der Waals surface area (Å²) in [6, 6.07) is 8.28. The number of ether oxygens (including phenoxy) is 3. The van der Waals surface area contributed by atoms with Gasteiger partial charge in [-0.15, -0.1) is 0 Å². The zero-order chi connectivity index (χ0) is 24.9. The standard InChI is InChI=1S/C16H26O2.C14H22O2/c1-4-10(2)15(17)18-16(3)13-6-11-5-12(8-13)9-14(16)7-11;1-5-11(3)13-7-9-14(10-8-13)16-12(4)15-6-2/h10-14H,4-9H2,1-3H3;7-12H,5-6H2,1-4H3. The predicted octanol–water partition coefficient (Wildman–Crippen LogP) is 7.75. The molecular weight excluding hydrogens is 424 g/mol. The van der Waals surface area contributed by atoms with Gasteiger partial charge in [0, 0.05) is 6.61 Å². The topological polar surface area (TPSA) is 44.8 Å². The molecule has 3 unspecified atom stereocenters. The number of hydrogen-bond acceptors (Lipinski definition) is 4.